The molecular weight excluding hydrogens is 304 g/mol. The van der Waals surface area contributed by atoms with Crippen LogP contribution in [0.2, 0.25) is 0 Å². The molecule has 0 aromatic heterocycles. The van der Waals surface area contributed by atoms with Crippen molar-refractivity contribution in [2.24, 2.45) is 0 Å². The van der Waals surface area contributed by atoms with E-state index in [1.165, 1.54) is 0 Å². The number of carbonyl (C=O) groups is 1. The molecule has 0 spiro atoms. The quantitative estimate of drug-likeness (QED) is 0.942. The first-order chi connectivity index (χ1) is 9.19. The van der Waals surface area contributed by atoms with Crippen LogP contribution in [0.3, 0.4) is 0 Å². The largest absolute Gasteiger partial charge is 0.326 e. The molecular formula is C15H11BrN2O. The number of halogens is 1. The van der Waals surface area contributed by atoms with Gasteiger partial charge in [-0.05, 0) is 35.9 Å². The van der Waals surface area contributed by atoms with Crippen molar-refractivity contribution >= 4 is 27.5 Å². The van der Waals surface area contributed by atoms with Gasteiger partial charge in [-0.2, -0.15) is 5.26 Å². The maximum Gasteiger partial charge on any atom is 0.228 e. The summed E-state index contributed by atoms with van der Waals surface area (Å²) < 4.78 is 0.921. The molecule has 0 fully saturated rings. The molecule has 94 valence electrons. The summed E-state index contributed by atoms with van der Waals surface area (Å²) >= 11 is 3.41. The lowest BCUT2D eigenvalue weighted by Gasteiger charge is -2.06. The van der Waals surface area contributed by atoms with Crippen molar-refractivity contribution in [1.29, 1.82) is 5.26 Å². The van der Waals surface area contributed by atoms with E-state index in [0.29, 0.717) is 17.7 Å². The minimum Gasteiger partial charge on any atom is -0.326 e. The van der Waals surface area contributed by atoms with E-state index < -0.39 is 0 Å². The number of amides is 1. The van der Waals surface area contributed by atoms with Gasteiger partial charge in [0.05, 0.1) is 18.1 Å². The molecule has 0 aliphatic carbocycles. The number of carbonyl (C=O) groups excluding carboxylic acids is 1. The number of hydrogen-bond acceptors (Lipinski definition) is 2. The molecule has 3 nitrogen and oxygen atoms in total. The molecule has 0 bridgehead atoms. The molecule has 0 heterocycles. The van der Waals surface area contributed by atoms with E-state index in [4.69, 9.17) is 5.26 Å². The van der Waals surface area contributed by atoms with E-state index in [-0.39, 0.29) is 5.91 Å². The van der Waals surface area contributed by atoms with Gasteiger partial charge in [0, 0.05) is 10.2 Å². The number of rotatable bonds is 3. The standard InChI is InChI=1S/C15H11BrN2O/c16-14-4-2-1-3-12(14)9-15(19)18-13-7-5-11(10-17)6-8-13/h1-8H,9H2,(H,18,19). The van der Waals surface area contributed by atoms with Crippen LogP contribution in [0.1, 0.15) is 11.1 Å². The third-order valence-electron chi connectivity index (χ3n) is 2.61. The predicted molar refractivity (Wildman–Crippen MR) is 77.6 cm³/mol. The topological polar surface area (TPSA) is 52.9 Å². The Bertz CT molecular complexity index is 629. The van der Waals surface area contributed by atoms with Gasteiger partial charge in [-0.25, -0.2) is 0 Å². The molecule has 0 unspecified atom stereocenters. The zero-order chi connectivity index (χ0) is 13.7. The van der Waals surface area contributed by atoms with E-state index in [1.54, 1.807) is 24.3 Å². The van der Waals surface area contributed by atoms with E-state index in [1.807, 2.05) is 30.3 Å². The zero-order valence-corrected chi connectivity index (χ0v) is 11.6. The summed E-state index contributed by atoms with van der Waals surface area (Å²) in [6, 6.07) is 16.4. The molecule has 0 atom stereocenters. The zero-order valence-electron chi connectivity index (χ0n) is 10.1. The Labute approximate surface area is 120 Å². The highest BCUT2D eigenvalue weighted by atomic mass is 79.9. The van der Waals surface area contributed by atoms with Crippen LogP contribution in [0.25, 0.3) is 0 Å². The van der Waals surface area contributed by atoms with E-state index in [2.05, 4.69) is 21.2 Å². The van der Waals surface area contributed by atoms with Crippen molar-refractivity contribution in [1.82, 2.24) is 0 Å². The molecule has 1 amide bonds. The Balaban J connectivity index is 2.01. The molecule has 2 aromatic carbocycles. The van der Waals surface area contributed by atoms with Gasteiger partial charge in [-0.3, -0.25) is 4.79 Å². The van der Waals surface area contributed by atoms with Gasteiger partial charge in [0.15, 0.2) is 0 Å². The van der Waals surface area contributed by atoms with Crippen LogP contribution in [0.15, 0.2) is 53.0 Å². The van der Waals surface area contributed by atoms with Crippen LogP contribution in [0, 0.1) is 11.3 Å². The Kier molecular flexibility index (Phi) is 4.32. The van der Waals surface area contributed by atoms with Crippen molar-refractivity contribution in [2.45, 2.75) is 6.42 Å². The van der Waals surface area contributed by atoms with Crippen molar-refractivity contribution in [3.63, 3.8) is 0 Å². The van der Waals surface area contributed by atoms with Crippen molar-refractivity contribution in [3.8, 4) is 6.07 Å². The van der Waals surface area contributed by atoms with E-state index >= 15 is 0 Å². The lowest BCUT2D eigenvalue weighted by molar-refractivity contribution is -0.115. The van der Waals surface area contributed by atoms with Gasteiger partial charge in [0.25, 0.3) is 0 Å². The summed E-state index contributed by atoms with van der Waals surface area (Å²) in [7, 11) is 0. The van der Waals surface area contributed by atoms with Gasteiger partial charge in [0.2, 0.25) is 5.91 Å². The highest BCUT2D eigenvalue weighted by Crippen LogP contribution is 2.17. The fraction of sp³-hybridized carbons (Fsp3) is 0.0667. The summed E-state index contributed by atoms with van der Waals surface area (Å²) in [5.74, 6) is -0.0865. The second-order valence-electron chi connectivity index (χ2n) is 4.01. The number of hydrogen-bond donors (Lipinski definition) is 1. The third-order valence-corrected chi connectivity index (χ3v) is 3.38. The van der Waals surface area contributed by atoms with Crippen LogP contribution < -0.4 is 5.32 Å². The fourth-order valence-corrected chi connectivity index (χ4v) is 2.07. The second-order valence-corrected chi connectivity index (χ2v) is 4.86. The van der Waals surface area contributed by atoms with E-state index in [0.717, 1.165) is 10.0 Å². The Morgan fingerprint density at radius 1 is 1.16 bits per heavy atom. The van der Waals surface area contributed by atoms with Gasteiger partial charge < -0.3 is 5.32 Å². The molecule has 2 aromatic rings. The summed E-state index contributed by atoms with van der Waals surface area (Å²) in [5, 5.41) is 11.5. The highest BCUT2D eigenvalue weighted by Gasteiger charge is 2.06. The van der Waals surface area contributed by atoms with Gasteiger partial charge in [0.1, 0.15) is 0 Å². The Hall–Kier alpha value is -2.12. The second kappa shape index (κ2) is 6.17. The summed E-state index contributed by atoms with van der Waals surface area (Å²) in [6.45, 7) is 0. The Morgan fingerprint density at radius 2 is 1.84 bits per heavy atom. The number of nitrogens with zero attached hydrogens (tertiary/aromatic N) is 1. The lowest BCUT2D eigenvalue weighted by atomic mass is 10.1. The van der Waals surface area contributed by atoms with Crippen molar-refractivity contribution in [3.05, 3.63) is 64.1 Å². The van der Waals surface area contributed by atoms with Gasteiger partial charge in [-0.15, -0.1) is 0 Å². The molecule has 0 saturated carbocycles. The summed E-state index contributed by atoms with van der Waals surface area (Å²) in [5.41, 5.74) is 2.20. The molecule has 2 rings (SSSR count). The van der Waals surface area contributed by atoms with Crippen molar-refractivity contribution < 1.29 is 4.79 Å². The maximum absolute atomic E-state index is 11.9. The molecule has 19 heavy (non-hydrogen) atoms. The van der Waals surface area contributed by atoms with Crippen LogP contribution in [-0.4, -0.2) is 5.91 Å². The lowest BCUT2D eigenvalue weighted by Crippen LogP contribution is -2.14. The monoisotopic (exact) mass is 314 g/mol. The summed E-state index contributed by atoms with van der Waals surface area (Å²) in [4.78, 5) is 11.9. The fourth-order valence-electron chi connectivity index (χ4n) is 1.65. The highest BCUT2D eigenvalue weighted by molar-refractivity contribution is 9.10. The summed E-state index contributed by atoms with van der Waals surface area (Å²) in [6.07, 6.45) is 0.307. The molecule has 0 aliphatic heterocycles. The minimum atomic E-state index is -0.0865. The number of anilines is 1. The number of benzene rings is 2. The third kappa shape index (κ3) is 3.67. The molecule has 1 N–H and O–H groups in total. The van der Waals surface area contributed by atoms with Gasteiger partial charge in [-0.1, -0.05) is 34.1 Å². The van der Waals surface area contributed by atoms with Crippen LogP contribution in [0.5, 0.6) is 0 Å². The molecule has 0 radical (unpaired) electrons. The first kappa shape index (κ1) is 13.3. The predicted octanol–water partition coefficient (Wildman–Crippen LogP) is 3.50. The number of nitriles is 1. The van der Waals surface area contributed by atoms with E-state index in [9.17, 15) is 4.79 Å². The average molecular weight is 315 g/mol. The number of nitrogens with one attached hydrogen (secondary N) is 1. The van der Waals surface area contributed by atoms with Crippen LogP contribution >= 0.6 is 15.9 Å². The normalized spacial score (nSPS) is 9.68. The molecule has 4 heteroatoms. The first-order valence-electron chi connectivity index (χ1n) is 5.72. The van der Waals surface area contributed by atoms with Crippen LogP contribution in [-0.2, 0) is 11.2 Å². The maximum atomic E-state index is 11.9. The average Bonchev–Trinajstić information content (AvgIpc) is 2.42. The SMILES string of the molecule is N#Cc1ccc(NC(=O)Cc2ccccc2Br)cc1. The minimum absolute atomic E-state index is 0.0865. The smallest absolute Gasteiger partial charge is 0.228 e. The van der Waals surface area contributed by atoms with Gasteiger partial charge >= 0.3 is 0 Å². The first-order valence-corrected chi connectivity index (χ1v) is 6.52. The molecule has 0 aliphatic rings. The van der Waals surface area contributed by atoms with Crippen molar-refractivity contribution in [2.75, 3.05) is 5.32 Å². The van der Waals surface area contributed by atoms with Crippen LogP contribution in [0.4, 0.5) is 5.69 Å². The Morgan fingerprint density at radius 3 is 2.47 bits per heavy atom. The molecule has 0 saturated heterocycles.